The van der Waals surface area contributed by atoms with Crippen molar-refractivity contribution in [3.63, 3.8) is 0 Å². The summed E-state index contributed by atoms with van der Waals surface area (Å²) in [5.41, 5.74) is 1.09. The number of benzene rings is 1. The van der Waals surface area contributed by atoms with Crippen LogP contribution in [-0.4, -0.2) is 44.8 Å². The Bertz CT molecular complexity index is 1080. The van der Waals surface area contributed by atoms with E-state index < -0.39 is 11.9 Å². The molecule has 2 heterocycles. The van der Waals surface area contributed by atoms with Gasteiger partial charge in [-0.2, -0.15) is 0 Å². The molecule has 31 heavy (non-hydrogen) atoms. The molecule has 0 spiro atoms. The fraction of sp³-hybridized carbons (Fsp3) is 0.455. The van der Waals surface area contributed by atoms with Gasteiger partial charge in [-0.1, -0.05) is 44.9 Å². The van der Waals surface area contributed by atoms with Crippen LogP contribution in [0.15, 0.2) is 29.1 Å². The smallest absolute Gasteiger partial charge is 0.414 e. The molecule has 1 aromatic carbocycles. The minimum atomic E-state index is -1.82. The number of nitrogens with one attached hydrogen (secondary N) is 1. The highest BCUT2D eigenvalue weighted by Crippen LogP contribution is 2.28. The lowest BCUT2D eigenvalue weighted by molar-refractivity contribution is -0.159. The van der Waals surface area contributed by atoms with E-state index in [0.29, 0.717) is 6.54 Å². The number of carbonyl (C=O) groups is 2. The molecule has 3 aromatic rings. The first-order valence-corrected chi connectivity index (χ1v) is 11.3. The molecule has 0 fully saturated rings. The van der Waals surface area contributed by atoms with Gasteiger partial charge in [0.15, 0.2) is 0 Å². The maximum Gasteiger partial charge on any atom is 0.414 e. The molecule has 2 aromatic heterocycles. The third-order valence-corrected chi connectivity index (χ3v) is 5.84. The van der Waals surface area contributed by atoms with Gasteiger partial charge in [-0.05, 0) is 31.9 Å². The first-order chi connectivity index (χ1) is 14.9. The Kier molecular flexibility index (Phi) is 9.61. The minimum Gasteiger partial charge on any atom is -0.473 e. The molecular weight excluding hydrogens is 418 g/mol. The van der Waals surface area contributed by atoms with E-state index in [0.717, 1.165) is 58.5 Å². The van der Waals surface area contributed by atoms with Gasteiger partial charge >= 0.3 is 11.9 Å². The Morgan fingerprint density at radius 2 is 1.68 bits per heavy atom. The number of carboxylic acid groups (broad SMARTS) is 2. The van der Waals surface area contributed by atoms with E-state index in [1.165, 1.54) is 12.8 Å². The van der Waals surface area contributed by atoms with Crippen LogP contribution in [0.4, 0.5) is 0 Å². The van der Waals surface area contributed by atoms with Crippen molar-refractivity contribution >= 4 is 44.4 Å². The third kappa shape index (κ3) is 6.60. The monoisotopic (exact) mass is 447 g/mol. The zero-order valence-corrected chi connectivity index (χ0v) is 18.7. The van der Waals surface area contributed by atoms with E-state index in [1.54, 1.807) is 11.3 Å². The molecule has 0 saturated heterocycles. The SMILES string of the molecule is CCCCNCCn1c(=O)c2ccccc2c2nc(CCCC)sc21.O=C(O)C(=O)O. The lowest BCUT2D eigenvalue weighted by atomic mass is 10.1. The third-order valence-electron chi connectivity index (χ3n) is 4.70. The zero-order valence-electron chi connectivity index (χ0n) is 17.9. The summed E-state index contributed by atoms with van der Waals surface area (Å²) in [5, 5.41) is 21.1. The highest BCUT2D eigenvalue weighted by atomic mass is 32.1. The van der Waals surface area contributed by atoms with E-state index in [4.69, 9.17) is 24.8 Å². The second-order valence-electron chi connectivity index (χ2n) is 7.08. The number of hydrogen-bond donors (Lipinski definition) is 3. The van der Waals surface area contributed by atoms with Crippen molar-refractivity contribution in [2.45, 2.75) is 52.5 Å². The summed E-state index contributed by atoms with van der Waals surface area (Å²) in [7, 11) is 0. The predicted molar refractivity (Wildman–Crippen MR) is 123 cm³/mol. The number of nitrogens with zero attached hydrogens (tertiary/aromatic N) is 2. The molecule has 3 rings (SSSR count). The van der Waals surface area contributed by atoms with Gasteiger partial charge in [0.2, 0.25) is 0 Å². The van der Waals surface area contributed by atoms with Crippen molar-refractivity contribution in [2.24, 2.45) is 0 Å². The molecule has 0 atom stereocenters. The Balaban J connectivity index is 0.000000501. The normalized spacial score (nSPS) is 10.8. The second-order valence-corrected chi connectivity index (χ2v) is 8.14. The number of carboxylic acids is 2. The van der Waals surface area contributed by atoms with Crippen LogP contribution in [0.25, 0.3) is 21.1 Å². The number of unbranched alkanes of at least 4 members (excludes halogenated alkanes) is 2. The Hall–Kier alpha value is -2.78. The van der Waals surface area contributed by atoms with Crippen molar-refractivity contribution in [1.82, 2.24) is 14.9 Å². The summed E-state index contributed by atoms with van der Waals surface area (Å²) in [5.74, 6) is -3.65. The van der Waals surface area contributed by atoms with Crippen molar-refractivity contribution in [3.05, 3.63) is 39.6 Å². The topological polar surface area (TPSA) is 122 Å². The number of aromatic nitrogens is 2. The maximum atomic E-state index is 13.0. The summed E-state index contributed by atoms with van der Waals surface area (Å²) in [6.45, 7) is 6.90. The molecule has 0 unspecified atom stereocenters. The predicted octanol–water partition coefficient (Wildman–Crippen LogP) is 3.50. The summed E-state index contributed by atoms with van der Waals surface area (Å²) in [6.07, 6.45) is 5.64. The molecule has 8 nitrogen and oxygen atoms in total. The largest absolute Gasteiger partial charge is 0.473 e. The Labute approximate surface area is 184 Å². The highest BCUT2D eigenvalue weighted by molar-refractivity contribution is 7.18. The number of rotatable bonds is 9. The fourth-order valence-electron chi connectivity index (χ4n) is 3.08. The molecule has 0 aliphatic carbocycles. The van der Waals surface area contributed by atoms with Gasteiger partial charge in [0.05, 0.1) is 5.01 Å². The molecule has 0 bridgehead atoms. The number of thiazole rings is 1. The van der Waals surface area contributed by atoms with E-state index in [2.05, 4.69) is 19.2 Å². The maximum absolute atomic E-state index is 13.0. The fourth-order valence-corrected chi connectivity index (χ4v) is 4.23. The number of pyridine rings is 1. The van der Waals surface area contributed by atoms with Gasteiger partial charge in [-0.3, -0.25) is 9.36 Å². The van der Waals surface area contributed by atoms with E-state index >= 15 is 0 Å². The molecule has 0 amide bonds. The Morgan fingerprint density at radius 1 is 1.03 bits per heavy atom. The van der Waals surface area contributed by atoms with Gasteiger partial charge in [0, 0.05) is 23.9 Å². The minimum absolute atomic E-state index is 0.103. The molecule has 0 saturated carbocycles. The van der Waals surface area contributed by atoms with Crippen LogP contribution in [0.3, 0.4) is 0 Å². The van der Waals surface area contributed by atoms with Crippen molar-refractivity contribution in [2.75, 3.05) is 13.1 Å². The summed E-state index contributed by atoms with van der Waals surface area (Å²) >= 11 is 1.69. The van der Waals surface area contributed by atoms with Crippen LogP contribution in [0.5, 0.6) is 0 Å². The van der Waals surface area contributed by atoms with Crippen LogP contribution in [0.2, 0.25) is 0 Å². The lowest BCUT2D eigenvalue weighted by Gasteiger charge is -2.10. The number of hydrogen-bond acceptors (Lipinski definition) is 6. The molecule has 0 aliphatic heterocycles. The van der Waals surface area contributed by atoms with Crippen molar-refractivity contribution < 1.29 is 19.8 Å². The van der Waals surface area contributed by atoms with Crippen LogP contribution in [0, 0.1) is 0 Å². The first-order valence-electron chi connectivity index (χ1n) is 10.5. The summed E-state index contributed by atoms with van der Waals surface area (Å²) in [4.78, 5) is 37.1. The van der Waals surface area contributed by atoms with Gasteiger partial charge in [0.1, 0.15) is 10.3 Å². The zero-order chi connectivity index (χ0) is 22.8. The van der Waals surface area contributed by atoms with E-state index in [1.807, 2.05) is 28.8 Å². The van der Waals surface area contributed by atoms with Gasteiger partial charge in [-0.25, -0.2) is 14.6 Å². The van der Waals surface area contributed by atoms with Gasteiger partial charge < -0.3 is 15.5 Å². The molecule has 3 N–H and O–H groups in total. The number of aryl methyl sites for hydroxylation is 1. The standard InChI is InChI=1S/C20H27N3OS.C2H2O4/c1-3-5-11-17-22-18-15-9-7-8-10-16(15)19(24)23(20(18)25-17)14-13-21-12-6-4-2;3-1(4)2(5)6/h7-10,21H,3-6,11-14H2,1-2H3;(H,3,4)(H,5,6). The molecular formula is C22H29N3O5S. The number of aliphatic carboxylic acids is 2. The van der Waals surface area contributed by atoms with Crippen LogP contribution >= 0.6 is 11.3 Å². The van der Waals surface area contributed by atoms with Gasteiger partial charge in [0.25, 0.3) is 5.56 Å². The van der Waals surface area contributed by atoms with E-state index in [9.17, 15) is 4.79 Å². The average Bonchev–Trinajstić information content (AvgIpc) is 3.18. The second kappa shape index (κ2) is 12.2. The lowest BCUT2D eigenvalue weighted by Crippen LogP contribution is -2.27. The highest BCUT2D eigenvalue weighted by Gasteiger charge is 2.15. The molecule has 0 radical (unpaired) electrons. The van der Waals surface area contributed by atoms with E-state index in [-0.39, 0.29) is 5.56 Å². The quantitative estimate of drug-likeness (QED) is 0.339. The Morgan fingerprint density at radius 3 is 2.29 bits per heavy atom. The van der Waals surface area contributed by atoms with Crippen LogP contribution in [0.1, 0.15) is 44.5 Å². The molecule has 0 aliphatic rings. The van der Waals surface area contributed by atoms with Crippen molar-refractivity contribution in [3.8, 4) is 0 Å². The summed E-state index contributed by atoms with van der Waals surface area (Å²) in [6, 6.07) is 7.86. The van der Waals surface area contributed by atoms with Crippen molar-refractivity contribution in [1.29, 1.82) is 0 Å². The average molecular weight is 448 g/mol. The number of fused-ring (bicyclic) bond motifs is 3. The van der Waals surface area contributed by atoms with Crippen LogP contribution < -0.4 is 10.9 Å². The molecule has 168 valence electrons. The first kappa shape index (κ1) is 24.5. The van der Waals surface area contributed by atoms with Crippen LogP contribution in [-0.2, 0) is 22.6 Å². The summed E-state index contributed by atoms with van der Waals surface area (Å²) < 4.78 is 1.92. The molecule has 9 heteroatoms. The van der Waals surface area contributed by atoms with Gasteiger partial charge in [-0.15, -0.1) is 11.3 Å².